The number of hydrogen-bond donors (Lipinski definition) is 2. The highest BCUT2D eigenvalue weighted by molar-refractivity contribution is 6.76. The molecule has 2 N–H and O–H groups in total. The summed E-state index contributed by atoms with van der Waals surface area (Å²) in [7, 11) is -0.986. The molecule has 0 aliphatic rings. The molecule has 0 spiro atoms. The second kappa shape index (κ2) is 5.68. The fourth-order valence-electron chi connectivity index (χ4n) is 0.984. The minimum Gasteiger partial charge on any atom is -0.396 e. The van der Waals surface area contributed by atoms with Crippen LogP contribution in [0.25, 0.3) is 0 Å². The first kappa shape index (κ1) is 13.9. The molecule has 0 fully saturated rings. The highest BCUT2D eigenvalue weighted by atomic mass is 28.3. The molecule has 0 atom stereocenters. The average molecular weight is 216 g/mol. The van der Waals surface area contributed by atoms with Crippen LogP contribution >= 0.6 is 0 Å². The Kier molecular flexibility index (Phi) is 5.63. The van der Waals surface area contributed by atoms with Gasteiger partial charge in [0.25, 0.3) is 0 Å². The first-order valence-corrected chi connectivity index (χ1v) is 8.90. The monoisotopic (exact) mass is 216 g/mol. The maximum atomic E-state index is 9.06. The van der Waals surface area contributed by atoms with Gasteiger partial charge in [0.1, 0.15) is 0 Å². The Balaban J connectivity index is 3.92. The van der Waals surface area contributed by atoms with Crippen molar-refractivity contribution in [2.45, 2.75) is 39.0 Å². The maximum absolute atomic E-state index is 9.06. The summed E-state index contributed by atoms with van der Waals surface area (Å²) in [5, 5.41) is 18.1. The lowest BCUT2D eigenvalue weighted by Crippen LogP contribution is -2.25. The zero-order chi connectivity index (χ0) is 11.2. The molecule has 0 aromatic heterocycles. The van der Waals surface area contributed by atoms with Gasteiger partial charge in [0.15, 0.2) is 0 Å². The molecule has 0 heterocycles. The number of allylic oxidation sites excluding steroid dienone is 2. The van der Waals surface area contributed by atoms with Crippen LogP contribution in [0.4, 0.5) is 0 Å². The van der Waals surface area contributed by atoms with Crippen LogP contribution in [-0.4, -0.2) is 31.5 Å². The Hall–Kier alpha value is -0.123. The summed E-state index contributed by atoms with van der Waals surface area (Å²) in [4.78, 5) is 0. The molecule has 3 heteroatoms. The van der Waals surface area contributed by atoms with E-state index >= 15 is 0 Å². The van der Waals surface area contributed by atoms with Gasteiger partial charge in [-0.3, -0.25) is 0 Å². The van der Waals surface area contributed by atoms with Crippen LogP contribution in [0.2, 0.25) is 25.7 Å². The lowest BCUT2D eigenvalue weighted by Gasteiger charge is -2.22. The molecule has 0 aliphatic heterocycles. The van der Waals surface area contributed by atoms with Crippen LogP contribution in [-0.2, 0) is 0 Å². The van der Waals surface area contributed by atoms with Crippen LogP contribution in [0, 0.1) is 5.41 Å². The third kappa shape index (κ3) is 6.35. The zero-order valence-corrected chi connectivity index (χ0v) is 10.9. The van der Waals surface area contributed by atoms with Gasteiger partial charge >= 0.3 is 0 Å². The van der Waals surface area contributed by atoms with Crippen molar-refractivity contribution in [3.05, 3.63) is 12.2 Å². The number of hydrogen-bond acceptors (Lipinski definition) is 2. The minimum atomic E-state index is -0.986. The normalized spacial score (nSPS) is 13.9. The Morgan fingerprint density at radius 1 is 1.07 bits per heavy atom. The second-order valence-electron chi connectivity index (χ2n) is 5.57. The zero-order valence-electron chi connectivity index (χ0n) is 9.88. The van der Waals surface area contributed by atoms with Crippen molar-refractivity contribution in [3.63, 3.8) is 0 Å². The lowest BCUT2D eigenvalue weighted by atomic mass is 9.89. The summed E-state index contributed by atoms with van der Waals surface area (Å²) in [6, 6.07) is 1.17. The molecular weight excluding hydrogens is 192 g/mol. The fourth-order valence-corrected chi connectivity index (χ4v) is 1.86. The largest absolute Gasteiger partial charge is 0.396 e. The summed E-state index contributed by atoms with van der Waals surface area (Å²) in [6.45, 7) is 8.96. The Morgan fingerprint density at radius 3 is 1.93 bits per heavy atom. The van der Waals surface area contributed by atoms with Crippen LogP contribution < -0.4 is 0 Å². The van der Waals surface area contributed by atoms with Gasteiger partial charge in [-0.2, -0.15) is 0 Å². The Morgan fingerprint density at radius 2 is 1.57 bits per heavy atom. The maximum Gasteiger partial charge on any atom is 0.0509 e. The topological polar surface area (TPSA) is 40.5 Å². The van der Waals surface area contributed by atoms with Crippen LogP contribution in [0.3, 0.4) is 0 Å². The molecule has 0 bridgehead atoms. The third-order valence-electron chi connectivity index (χ3n) is 2.27. The highest BCUT2D eigenvalue weighted by Crippen LogP contribution is 2.20. The van der Waals surface area contributed by atoms with E-state index in [1.54, 1.807) is 0 Å². The predicted molar refractivity (Wildman–Crippen MR) is 64.2 cm³/mol. The molecule has 0 saturated carbocycles. The Bertz CT molecular complexity index is 178. The van der Waals surface area contributed by atoms with Gasteiger partial charge in [-0.15, -0.1) is 0 Å². The fraction of sp³-hybridized carbons (Fsp3) is 0.818. The van der Waals surface area contributed by atoms with Gasteiger partial charge in [0.05, 0.1) is 13.2 Å². The average Bonchev–Trinajstić information content (AvgIpc) is 2.11. The molecule has 84 valence electrons. The molecule has 0 radical (unpaired) electrons. The van der Waals surface area contributed by atoms with Crippen molar-refractivity contribution in [1.29, 1.82) is 0 Å². The summed E-state index contributed by atoms with van der Waals surface area (Å²) in [5.74, 6) is 0. The molecule has 2 nitrogen and oxygen atoms in total. The molecule has 0 aliphatic carbocycles. The van der Waals surface area contributed by atoms with E-state index in [2.05, 4.69) is 31.8 Å². The van der Waals surface area contributed by atoms with E-state index < -0.39 is 8.07 Å². The van der Waals surface area contributed by atoms with Crippen molar-refractivity contribution in [2.75, 3.05) is 13.2 Å². The van der Waals surface area contributed by atoms with E-state index in [4.69, 9.17) is 10.2 Å². The predicted octanol–water partition coefficient (Wildman–Crippen LogP) is 2.26. The lowest BCUT2D eigenvalue weighted by molar-refractivity contribution is 0.0726. The van der Waals surface area contributed by atoms with Crippen molar-refractivity contribution in [1.82, 2.24) is 0 Å². The van der Waals surface area contributed by atoms with E-state index in [0.717, 1.165) is 6.42 Å². The van der Waals surface area contributed by atoms with E-state index in [1.165, 1.54) is 6.04 Å². The van der Waals surface area contributed by atoms with Crippen LogP contribution in [0.5, 0.6) is 0 Å². The molecule has 0 amide bonds. The second-order valence-corrected chi connectivity index (χ2v) is 11.1. The summed E-state index contributed by atoms with van der Waals surface area (Å²) in [6.07, 6.45) is 5.03. The summed E-state index contributed by atoms with van der Waals surface area (Å²) >= 11 is 0. The van der Waals surface area contributed by atoms with Gasteiger partial charge in [0, 0.05) is 13.5 Å². The van der Waals surface area contributed by atoms with E-state index in [0.29, 0.717) is 0 Å². The highest BCUT2D eigenvalue weighted by Gasteiger charge is 2.20. The van der Waals surface area contributed by atoms with Gasteiger partial charge in [-0.25, -0.2) is 0 Å². The molecule has 0 aromatic carbocycles. The summed E-state index contributed by atoms with van der Waals surface area (Å²) < 4.78 is 0. The Labute approximate surface area is 88.7 Å². The van der Waals surface area contributed by atoms with Gasteiger partial charge in [-0.1, -0.05) is 38.7 Å². The number of aliphatic hydroxyl groups excluding tert-OH is 2. The van der Waals surface area contributed by atoms with Crippen molar-refractivity contribution in [2.24, 2.45) is 5.41 Å². The van der Waals surface area contributed by atoms with Crippen LogP contribution in [0.1, 0.15) is 13.3 Å². The van der Waals surface area contributed by atoms with E-state index in [-0.39, 0.29) is 18.6 Å². The first-order chi connectivity index (χ1) is 6.33. The smallest absolute Gasteiger partial charge is 0.0509 e. The van der Waals surface area contributed by atoms with Gasteiger partial charge in [-0.05, 0) is 12.5 Å². The third-order valence-corrected chi connectivity index (χ3v) is 3.73. The molecule has 0 unspecified atom stereocenters. The number of aliphatic hydroxyl groups is 2. The molecular formula is C11H24O2Si. The molecule has 14 heavy (non-hydrogen) atoms. The van der Waals surface area contributed by atoms with E-state index in [1.807, 2.05) is 6.92 Å². The summed E-state index contributed by atoms with van der Waals surface area (Å²) in [5.41, 5.74) is -0.351. The van der Waals surface area contributed by atoms with E-state index in [9.17, 15) is 0 Å². The van der Waals surface area contributed by atoms with Crippen molar-refractivity contribution in [3.8, 4) is 0 Å². The quantitative estimate of drug-likeness (QED) is 0.528. The van der Waals surface area contributed by atoms with Gasteiger partial charge in [0.2, 0.25) is 0 Å². The number of rotatable bonds is 6. The first-order valence-electron chi connectivity index (χ1n) is 5.20. The molecule has 0 aromatic rings. The SMILES string of the molecule is CC(CO)(CO)C/C=C/C[Si](C)(C)C. The van der Waals surface area contributed by atoms with Gasteiger partial charge < -0.3 is 10.2 Å². The minimum absolute atomic E-state index is 0.0424. The van der Waals surface area contributed by atoms with Crippen molar-refractivity contribution >= 4 is 8.07 Å². The van der Waals surface area contributed by atoms with Crippen molar-refractivity contribution < 1.29 is 10.2 Å². The molecule has 0 saturated heterocycles. The standard InChI is InChI=1S/C11H24O2Si/c1-11(9-12,10-13)7-5-6-8-14(2,3)4/h5-6,12-13H,7-10H2,1-4H3/b6-5+. The van der Waals surface area contributed by atoms with Crippen LogP contribution in [0.15, 0.2) is 12.2 Å². The molecule has 0 rings (SSSR count).